The Kier molecular flexibility index (Phi) is 3.26. The van der Waals surface area contributed by atoms with Gasteiger partial charge < -0.3 is 10.6 Å². The fourth-order valence-corrected chi connectivity index (χ4v) is 2.13. The Hall–Kier alpha value is -1.65. The number of hydrogen-bond donors (Lipinski definition) is 1. The number of aromatic nitrogens is 2. The maximum atomic E-state index is 12.1. The molecule has 92 valence electrons. The highest BCUT2D eigenvalue weighted by atomic mass is 16.2. The smallest absolute Gasteiger partial charge is 0.274 e. The average Bonchev–Trinajstić information content (AvgIpc) is 2.78. The fourth-order valence-electron chi connectivity index (χ4n) is 2.13. The van der Waals surface area contributed by atoms with E-state index in [0.29, 0.717) is 23.3 Å². The molecular weight excluding hydrogens is 216 g/mol. The van der Waals surface area contributed by atoms with Gasteiger partial charge in [0.2, 0.25) is 0 Å². The van der Waals surface area contributed by atoms with E-state index in [-0.39, 0.29) is 5.91 Å². The number of nitrogens with zero attached hydrogens (tertiary/aromatic N) is 3. The average molecular weight is 234 g/mol. The van der Waals surface area contributed by atoms with Crippen molar-refractivity contribution in [2.75, 3.05) is 18.8 Å². The Balaban J connectivity index is 2.04. The van der Waals surface area contributed by atoms with Crippen molar-refractivity contribution in [3.8, 4) is 0 Å². The van der Waals surface area contributed by atoms with Crippen LogP contribution in [0.1, 0.15) is 30.8 Å². The lowest BCUT2D eigenvalue weighted by atomic mass is 9.95. The maximum Gasteiger partial charge on any atom is 0.274 e. The summed E-state index contributed by atoms with van der Waals surface area (Å²) in [6.07, 6.45) is 1.08. The standard InChI is InChI=1S/C12H18N4O/c1-8(2)9-5-6-16(7-9)12(17)10-3-4-11(13)15-14-10/h3-4,8-9H,5-7H2,1-2H3,(H2,13,15). The molecule has 0 radical (unpaired) electrons. The zero-order chi connectivity index (χ0) is 12.4. The molecule has 5 nitrogen and oxygen atoms in total. The Morgan fingerprint density at radius 3 is 2.76 bits per heavy atom. The summed E-state index contributed by atoms with van der Waals surface area (Å²) < 4.78 is 0. The Morgan fingerprint density at radius 1 is 1.47 bits per heavy atom. The van der Waals surface area contributed by atoms with Gasteiger partial charge in [0.15, 0.2) is 5.69 Å². The van der Waals surface area contributed by atoms with Crippen molar-refractivity contribution in [2.45, 2.75) is 20.3 Å². The first-order valence-corrected chi connectivity index (χ1v) is 5.96. The van der Waals surface area contributed by atoms with Crippen LogP contribution >= 0.6 is 0 Å². The summed E-state index contributed by atoms with van der Waals surface area (Å²) in [4.78, 5) is 14.0. The van der Waals surface area contributed by atoms with Gasteiger partial charge in [-0.3, -0.25) is 4.79 Å². The Labute approximate surface area is 101 Å². The second kappa shape index (κ2) is 4.69. The first kappa shape index (κ1) is 11.8. The SMILES string of the molecule is CC(C)C1CCN(C(=O)c2ccc(N)nn2)C1. The lowest BCUT2D eigenvalue weighted by Crippen LogP contribution is -2.30. The fraction of sp³-hybridized carbons (Fsp3) is 0.583. The molecule has 5 heteroatoms. The Morgan fingerprint density at radius 2 is 2.24 bits per heavy atom. The maximum absolute atomic E-state index is 12.1. The van der Waals surface area contributed by atoms with Gasteiger partial charge in [0, 0.05) is 13.1 Å². The van der Waals surface area contributed by atoms with E-state index in [1.165, 1.54) is 0 Å². The molecule has 0 saturated carbocycles. The molecule has 1 saturated heterocycles. The monoisotopic (exact) mass is 234 g/mol. The van der Waals surface area contributed by atoms with Gasteiger partial charge >= 0.3 is 0 Å². The molecule has 0 aliphatic carbocycles. The van der Waals surface area contributed by atoms with E-state index in [9.17, 15) is 4.79 Å². The lowest BCUT2D eigenvalue weighted by Gasteiger charge is -2.17. The summed E-state index contributed by atoms with van der Waals surface area (Å²) in [6, 6.07) is 3.24. The molecular formula is C12H18N4O. The number of anilines is 1. The van der Waals surface area contributed by atoms with Gasteiger partial charge in [0.25, 0.3) is 5.91 Å². The summed E-state index contributed by atoms with van der Waals surface area (Å²) in [5.41, 5.74) is 5.82. The number of carbonyl (C=O) groups is 1. The summed E-state index contributed by atoms with van der Waals surface area (Å²) in [5.74, 6) is 1.51. The highest BCUT2D eigenvalue weighted by Gasteiger charge is 2.29. The molecule has 1 aliphatic heterocycles. The summed E-state index contributed by atoms with van der Waals surface area (Å²) >= 11 is 0. The van der Waals surface area contributed by atoms with Gasteiger partial charge in [-0.05, 0) is 30.4 Å². The minimum atomic E-state index is -0.0411. The molecule has 1 unspecified atom stereocenters. The number of amides is 1. The van der Waals surface area contributed by atoms with E-state index in [4.69, 9.17) is 5.73 Å². The summed E-state index contributed by atoms with van der Waals surface area (Å²) in [7, 11) is 0. The first-order chi connectivity index (χ1) is 8.08. The minimum Gasteiger partial charge on any atom is -0.382 e. The van der Waals surface area contributed by atoms with Crippen LogP contribution in [0.4, 0.5) is 5.82 Å². The first-order valence-electron chi connectivity index (χ1n) is 5.96. The van der Waals surface area contributed by atoms with Crippen LogP contribution in [0.25, 0.3) is 0 Å². The van der Waals surface area contributed by atoms with E-state index in [2.05, 4.69) is 24.0 Å². The number of hydrogen-bond acceptors (Lipinski definition) is 4. The normalized spacial score (nSPS) is 19.9. The topological polar surface area (TPSA) is 72.1 Å². The van der Waals surface area contributed by atoms with Crippen molar-refractivity contribution in [3.05, 3.63) is 17.8 Å². The molecule has 1 atom stereocenters. The zero-order valence-corrected chi connectivity index (χ0v) is 10.3. The minimum absolute atomic E-state index is 0.0411. The molecule has 2 rings (SSSR count). The van der Waals surface area contributed by atoms with Gasteiger partial charge in [0.05, 0.1) is 0 Å². The van der Waals surface area contributed by atoms with E-state index in [0.717, 1.165) is 19.5 Å². The van der Waals surface area contributed by atoms with Gasteiger partial charge in [-0.2, -0.15) is 0 Å². The van der Waals surface area contributed by atoms with Gasteiger partial charge in [-0.25, -0.2) is 0 Å². The van der Waals surface area contributed by atoms with Crippen LogP contribution in [0.2, 0.25) is 0 Å². The van der Waals surface area contributed by atoms with Crippen LogP contribution in [0.3, 0.4) is 0 Å². The predicted molar refractivity (Wildman–Crippen MR) is 65.3 cm³/mol. The molecule has 0 bridgehead atoms. The molecule has 1 aromatic rings. The number of nitrogens with two attached hydrogens (primary N) is 1. The molecule has 0 spiro atoms. The third-order valence-electron chi connectivity index (χ3n) is 3.36. The zero-order valence-electron chi connectivity index (χ0n) is 10.3. The van der Waals surface area contributed by atoms with Crippen molar-refractivity contribution in [1.82, 2.24) is 15.1 Å². The molecule has 2 N–H and O–H groups in total. The summed E-state index contributed by atoms with van der Waals surface area (Å²) in [5, 5.41) is 7.53. The van der Waals surface area contributed by atoms with Crippen molar-refractivity contribution >= 4 is 11.7 Å². The molecule has 2 heterocycles. The van der Waals surface area contributed by atoms with E-state index in [1.807, 2.05) is 4.90 Å². The second-order valence-electron chi connectivity index (χ2n) is 4.89. The van der Waals surface area contributed by atoms with Crippen LogP contribution in [0.15, 0.2) is 12.1 Å². The highest BCUT2D eigenvalue weighted by molar-refractivity contribution is 5.92. The van der Waals surface area contributed by atoms with E-state index < -0.39 is 0 Å². The Bertz CT molecular complexity index is 401. The highest BCUT2D eigenvalue weighted by Crippen LogP contribution is 2.24. The largest absolute Gasteiger partial charge is 0.382 e. The van der Waals surface area contributed by atoms with Crippen molar-refractivity contribution in [3.63, 3.8) is 0 Å². The molecule has 1 fully saturated rings. The molecule has 1 amide bonds. The van der Waals surface area contributed by atoms with E-state index >= 15 is 0 Å². The van der Waals surface area contributed by atoms with Crippen molar-refractivity contribution < 1.29 is 4.79 Å². The van der Waals surface area contributed by atoms with Crippen LogP contribution in [0, 0.1) is 11.8 Å². The lowest BCUT2D eigenvalue weighted by molar-refractivity contribution is 0.0777. The third kappa shape index (κ3) is 2.54. The molecule has 17 heavy (non-hydrogen) atoms. The van der Waals surface area contributed by atoms with Crippen LogP contribution < -0.4 is 5.73 Å². The third-order valence-corrected chi connectivity index (χ3v) is 3.36. The van der Waals surface area contributed by atoms with Gasteiger partial charge in [0.1, 0.15) is 5.82 Å². The molecule has 1 aliphatic rings. The number of nitrogen functional groups attached to an aromatic ring is 1. The summed E-state index contributed by atoms with van der Waals surface area (Å²) in [6.45, 7) is 6.03. The van der Waals surface area contributed by atoms with Crippen molar-refractivity contribution in [1.29, 1.82) is 0 Å². The quantitative estimate of drug-likeness (QED) is 0.834. The molecule has 1 aromatic heterocycles. The van der Waals surface area contributed by atoms with Gasteiger partial charge in [-0.15, -0.1) is 10.2 Å². The predicted octanol–water partition coefficient (Wildman–Crippen LogP) is 1.18. The van der Waals surface area contributed by atoms with Crippen LogP contribution in [-0.4, -0.2) is 34.1 Å². The van der Waals surface area contributed by atoms with Gasteiger partial charge in [-0.1, -0.05) is 13.8 Å². The number of likely N-dealkylation sites (tertiary alicyclic amines) is 1. The second-order valence-corrected chi connectivity index (χ2v) is 4.89. The van der Waals surface area contributed by atoms with Crippen LogP contribution in [-0.2, 0) is 0 Å². The molecule has 0 aromatic carbocycles. The van der Waals surface area contributed by atoms with Crippen LogP contribution in [0.5, 0.6) is 0 Å². The van der Waals surface area contributed by atoms with E-state index in [1.54, 1.807) is 12.1 Å². The number of carbonyl (C=O) groups excluding carboxylic acids is 1. The van der Waals surface area contributed by atoms with Crippen molar-refractivity contribution in [2.24, 2.45) is 11.8 Å². The number of rotatable bonds is 2.